The van der Waals surface area contributed by atoms with Crippen LogP contribution in [0.15, 0.2) is 213 Å². The first kappa shape index (κ1) is 79.6. The first-order chi connectivity index (χ1) is 56.2. The first-order valence-electron chi connectivity index (χ1n) is 38.1. The lowest BCUT2D eigenvalue weighted by Gasteiger charge is -2.35. The molecule has 0 bridgehead atoms. The van der Waals surface area contributed by atoms with E-state index in [0.29, 0.717) is 125 Å². The van der Waals surface area contributed by atoms with Gasteiger partial charge in [0, 0.05) is 126 Å². The van der Waals surface area contributed by atoms with Crippen LogP contribution in [-0.4, -0.2) is 153 Å². The van der Waals surface area contributed by atoms with Crippen molar-refractivity contribution < 1.29 is 52.3 Å². The van der Waals surface area contributed by atoms with Crippen LogP contribution in [0.2, 0.25) is 25.1 Å². The summed E-state index contributed by atoms with van der Waals surface area (Å²) >= 11 is 36.7. The third-order valence-electron chi connectivity index (χ3n) is 20.6. The fraction of sp³-hybridized carbons (Fsp3) is 0.261. The van der Waals surface area contributed by atoms with Crippen molar-refractivity contribution in [2.45, 2.75) is 63.2 Å². The van der Waals surface area contributed by atoms with Gasteiger partial charge in [-0.05, 0) is 217 Å². The van der Waals surface area contributed by atoms with E-state index < -0.39 is 24.3 Å². The molecule has 592 valence electrons. The Balaban J connectivity index is 0.000000136. The quantitative estimate of drug-likeness (QED) is 0.0451. The van der Waals surface area contributed by atoms with Crippen LogP contribution in [0.4, 0.5) is 14.4 Å². The van der Waals surface area contributed by atoms with Gasteiger partial charge in [-0.3, -0.25) is 19.6 Å². The zero-order valence-electron chi connectivity index (χ0n) is 62.8. The summed E-state index contributed by atoms with van der Waals surface area (Å²) in [5.74, 6) is 4.74. The van der Waals surface area contributed by atoms with Gasteiger partial charge in [-0.25, -0.2) is 14.4 Å². The van der Waals surface area contributed by atoms with Crippen molar-refractivity contribution in [1.82, 2.24) is 49.5 Å². The van der Waals surface area contributed by atoms with E-state index in [1.165, 1.54) is 0 Å². The number of nitrogens with zero attached hydrogens (tertiary/aromatic N) is 7. The van der Waals surface area contributed by atoms with E-state index in [-0.39, 0.29) is 12.1 Å². The van der Waals surface area contributed by atoms with Crippen LogP contribution in [0.5, 0.6) is 40.2 Å². The van der Waals surface area contributed by atoms with Crippen molar-refractivity contribution in [3.05, 3.63) is 288 Å². The number of ether oxygens (including phenoxy) is 8. The Labute approximate surface area is 694 Å². The number of aromatic amines is 3. The number of methoxy groups -OCH3 is 1. The van der Waals surface area contributed by atoms with Gasteiger partial charge < -0.3 is 52.8 Å². The zero-order chi connectivity index (χ0) is 79.3. The van der Waals surface area contributed by atoms with E-state index >= 15 is 0 Å². The van der Waals surface area contributed by atoms with E-state index in [1.807, 2.05) is 140 Å². The summed E-state index contributed by atoms with van der Waals surface area (Å²) in [4.78, 5) is 60.3. The number of fused-ring (bicyclic) bond motifs is 9. The molecule has 17 rings (SSSR count). The molecule has 1 saturated heterocycles. The number of hydrogen-bond donors (Lipinski definition) is 3. The topological polar surface area (TPSA) is 216 Å². The zero-order valence-corrected chi connectivity index (χ0v) is 67.3. The number of amides is 3. The van der Waals surface area contributed by atoms with Gasteiger partial charge in [0.05, 0.1) is 59.1 Å². The predicted octanol–water partition coefficient (Wildman–Crippen LogP) is 20.4. The number of aryl methyl sites for hydroxylation is 1. The molecule has 8 heterocycles. The maximum Gasteiger partial charge on any atom is 0.416 e. The number of aromatic nitrogens is 6. The molecule has 13 aromatic rings. The van der Waals surface area contributed by atoms with Gasteiger partial charge in [-0.15, -0.1) is 11.6 Å². The van der Waals surface area contributed by atoms with Crippen LogP contribution >= 0.6 is 69.6 Å². The highest BCUT2D eigenvalue weighted by atomic mass is 35.5. The predicted molar refractivity (Wildman–Crippen MR) is 448 cm³/mol. The molecule has 3 N–H and O–H groups in total. The number of rotatable bonds is 21. The first-order valence-corrected chi connectivity index (χ1v) is 40.5. The fourth-order valence-corrected chi connectivity index (χ4v) is 16.0. The average Bonchev–Trinajstić information content (AvgIpc) is 1.63. The molecule has 0 radical (unpaired) electrons. The summed E-state index contributed by atoms with van der Waals surface area (Å²) in [5, 5.41) is 14.6. The van der Waals surface area contributed by atoms with Gasteiger partial charge in [0.2, 0.25) is 0 Å². The molecule has 4 aliphatic heterocycles. The van der Waals surface area contributed by atoms with E-state index in [9.17, 15) is 14.4 Å². The lowest BCUT2D eigenvalue weighted by molar-refractivity contribution is 0.0357. The van der Waals surface area contributed by atoms with E-state index in [2.05, 4.69) is 30.0 Å². The summed E-state index contributed by atoms with van der Waals surface area (Å²) in [6.45, 7) is 8.31. The second kappa shape index (κ2) is 37.3. The SMILES string of the molecule is COc1cc(C2c3[nH]c4ccc(Cl)cc4c3CCN2C(=O)Oc2ccccc2)ccc1OCCCN1CCOCC1.O=C(Oc1ccc(Cl)cc1)N1CCc2c([nH]c3ccc(Cl)cc23)[C@@H]1c1ccc(OCCCCl)cc1.O=C(Oc1ccc(Cl)cc1)N1CCc2c([nH]c3ccc(Cl)cc23)[C@@H]1c1ccc(OCCCn2nccn2)cc1. The van der Waals surface area contributed by atoms with Crippen LogP contribution < -0.4 is 33.2 Å². The fourth-order valence-electron chi connectivity index (χ4n) is 15.1. The Kier molecular flexibility index (Phi) is 25.9. The maximum atomic E-state index is 13.6. The van der Waals surface area contributed by atoms with Crippen molar-refractivity contribution in [3.63, 3.8) is 0 Å². The number of halogens is 6. The molecule has 21 nitrogen and oxygen atoms in total. The van der Waals surface area contributed by atoms with Crippen LogP contribution in [0.25, 0.3) is 32.7 Å². The second-order valence-electron chi connectivity index (χ2n) is 27.9. The summed E-state index contributed by atoms with van der Waals surface area (Å²) in [6.07, 6.45) is 6.55. The molecular weight excluding hydrogens is 1590 g/mol. The number of carbonyl (C=O) groups excluding carboxylic acids is 3. The van der Waals surface area contributed by atoms with Crippen molar-refractivity contribution in [1.29, 1.82) is 0 Å². The van der Waals surface area contributed by atoms with Crippen LogP contribution in [0, 0.1) is 0 Å². The minimum Gasteiger partial charge on any atom is -0.494 e. The van der Waals surface area contributed by atoms with Crippen LogP contribution in [0.1, 0.15) is 87.9 Å². The van der Waals surface area contributed by atoms with Crippen LogP contribution in [-0.2, 0) is 30.5 Å². The van der Waals surface area contributed by atoms with Gasteiger partial charge in [0.25, 0.3) is 0 Å². The number of H-pyrrole nitrogens is 3. The Morgan fingerprint density at radius 3 is 1.25 bits per heavy atom. The van der Waals surface area contributed by atoms with Gasteiger partial charge in [-0.1, -0.05) is 107 Å². The van der Waals surface area contributed by atoms with Crippen LogP contribution in [0.3, 0.4) is 0 Å². The van der Waals surface area contributed by atoms with Crippen molar-refractivity contribution >= 4 is 121 Å². The molecular formula is C88H82Cl6N10O11. The van der Waals surface area contributed by atoms with Crippen molar-refractivity contribution in [3.8, 4) is 40.2 Å². The number of nitrogens with one attached hydrogen (secondary N) is 3. The molecule has 1 fully saturated rings. The third kappa shape index (κ3) is 19.0. The molecule has 115 heavy (non-hydrogen) atoms. The maximum absolute atomic E-state index is 13.6. The van der Waals surface area contributed by atoms with Gasteiger partial charge in [-0.2, -0.15) is 15.0 Å². The highest BCUT2D eigenvalue weighted by Crippen LogP contribution is 2.45. The number of morpholine rings is 1. The molecule has 4 aliphatic rings. The van der Waals surface area contributed by atoms with E-state index in [1.54, 1.807) is 99.7 Å². The van der Waals surface area contributed by atoms with Crippen molar-refractivity contribution in [2.24, 2.45) is 0 Å². The second-order valence-corrected chi connectivity index (χ2v) is 30.5. The Morgan fingerprint density at radius 2 is 0.809 bits per heavy atom. The van der Waals surface area contributed by atoms with Gasteiger partial charge >= 0.3 is 18.3 Å². The number of carbonyl (C=O) groups is 3. The molecule has 4 aromatic heterocycles. The smallest absolute Gasteiger partial charge is 0.416 e. The van der Waals surface area contributed by atoms with Crippen molar-refractivity contribution in [2.75, 3.05) is 85.3 Å². The third-order valence-corrected chi connectivity index (χ3v) is 22.1. The Morgan fingerprint density at radius 1 is 0.417 bits per heavy atom. The molecule has 0 aliphatic carbocycles. The number of alkyl halides is 1. The molecule has 0 spiro atoms. The monoisotopic (exact) mass is 1660 g/mol. The summed E-state index contributed by atoms with van der Waals surface area (Å²) < 4.78 is 46.3. The Bertz CT molecular complexity index is 5500. The number of benzene rings is 9. The van der Waals surface area contributed by atoms with E-state index in [4.69, 9.17) is 108 Å². The largest absolute Gasteiger partial charge is 0.494 e. The lowest BCUT2D eigenvalue weighted by Crippen LogP contribution is -2.42. The molecule has 0 saturated carbocycles. The minimum atomic E-state index is -0.433. The molecule has 1 unspecified atom stereocenters. The summed E-state index contributed by atoms with van der Waals surface area (Å²) in [5.41, 5.74) is 12.0. The van der Waals surface area contributed by atoms with E-state index in [0.717, 1.165) is 147 Å². The average molecular weight is 1670 g/mol. The number of para-hydroxylation sites is 1. The summed E-state index contributed by atoms with van der Waals surface area (Å²) in [7, 11) is 1.64. The molecule has 3 atom stereocenters. The highest BCUT2D eigenvalue weighted by Gasteiger charge is 2.40. The van der Waals surface area contributed by atoms with Gasteiger partial charge in [0.1, 0.15) is 46.9 Å². The van der Waals surface area contributed by atoms with Gasteiger partial charge in [0.15, 0.2) is 11.5 Å². The minimum absolute atomic E-state index is 0.360. The molecule has 9 aromatic carbocycles. The normalized spacial score (nSPS) is 15.8. The number of hydrogen-bond acceptors (Lipinski definition) is 14. The lowest BCUT2D eigenvalue weighted by atomic mass is 9.92. The standard InChI is InChI=1S/C32H34ClN3O5.C29H25Cl2N5O3.C27H23Cl3N2O3/c1-38-29-20-22(8-11-28(29)40-17-5-13-35-15-18-39-19-16-35)31-30-25(26-21-23(33)9-10-27(26)34-30)12-14-36(31)32(37)41-24-6-3-2-4-7-24;30-20-4-9-23(10-5-20)39-29(37)35-16-12-24-25-18-21(31)6-11-26(25)34-27(24)28(35)19-2-7-22(8-3-19)38-17-1-15-36-32-13-14-33-36;28-13-1-15-34-20-7-2-17(3-8-20)26-25-22(23-16-19(30)6-11-24(23)31-25)12-14-32(26)27(33)35-21-9-4-18(29)5-10-21/h2-4,6-11,20-21,31,34H,5,12-19H2,1H3;2-11,13-14,18,28,34H,1,12,15-17H2;2-11,16,26,31H,1,12-15H2/t;28-;26-/m.00/s1. The Hall–Kier alpha value is -10.6. The molecule has 3 amide bonds. The summed E-state index contributed by atoms with van der Waals surface area (Å²) in [6, 6.07) is 60.5. The highest BCUT2D eigenvalue weighted by molar-refractivity contribution is 6.32. The molecule has 27 heteroatoms.